The van der Waals surface area contributed by atoms with Gasteiger partial charge in [-0.15, -0.1) is 0 Å². The van der Waals surface area contributed by atoms with Gasteiger partial charge in [0, 0.05) is 17.8 Å². The minimum atomic E-state index is -3.01. The van der Waals surface area contributed by atoms with E-state index in [4.69, 9.17) is 0 Å². The number of alkyl halides is 2. The van der Waals surface area contributed by atoms with Crippen molar-refractivity contribution in [1.82, 2.24) is 0 Å². The standard InChI is InChI=1S/C14H20F3NO/c1-3-5-6-10(4-2)18-11-7-8-13(12(15)9-11)19-14(16)17/h7-10,14,18H,3-6H2,1-2H3. The van der Waals surface area contributed by atoms with Gasteiger partial charge in [-0.25, -0.2) is 4.39 Å². The fourth-order valence-corrected chi connectivity index (χ4v) is 1.85. The number of anilines is 1. The van der Waals surface area contributed by atoms with Crippen molar-refractivity contribution in [3.8, 4) is 5.75 Å². The van der Waals surface area contributed by atoms with Crippen LogP contribution in [0.4, 0.5) is 18.9 Å². The van der Waals surface area contributed by atoms with Crippen LogP contribution >= 0.6 is 0 Å². The number of rotatable bonds is 8. The molecule has 0 aliphatic rings. The molecule has 0 spiro atoms. The highest BCUT2D eigenvalue weighted by molar-refractivity contribution is 5.48. The molecule has 1 unspecified atom stereocenters. The molecule has 0 aliphatic carbocycles. The zero-order valence-corrected chi connectivity index (χ0v) is 11.3. The van der Waals surface area contributed by atoms with E-state index in [2.05, 4.69) is 23.9 Å². The molecule has 0 heterocycles. The van der Waals surface area contributed by atoms with Crippen LogP contribution in [0.3, 0.4) is 0 Å². The van der Waals surface area contributed by atoms with Crippen molar-refractivity contribution in [1.29, 1.82) is 0 Å². The minimum Gasteiger partial charge on any atom is -0.432 e. The van der Waals surface area contributed by atoms with Gasteiger partial charge in [0.1, 0.15) is 0 Å². The van der Waals surface area contributed by atoms with E-state index >= 15 is 0 Å². The number of benzene rings is 1. The maximum Gasteiger partial charge on any atom is 0.387 e. The van der Waals surface area contributed by atoms with Crippen LogP contribution in [0.5, 0.6) is 5.75 Å². The second-order valence-corrected chi connectivity index (χ2v) is 4.42. The topological polar surface area (TPSA) is 21.3 Å². The summed E-state index contributed by atoms with van der Waals surface area (Å²) in [5.74, 6) is -1.21. The molecule has 5 heteroatoms. The van der Waals surface area contributed by atoms with E-state index in [0.29, 0.717) is 5.69 Å². The molecule has 1 atom stereocenters. The van der Waals surface area contributed by atoms with E-state index in [0.717, 1.165) is 25.7 Å². The van der Waals surface area contributed by atoms with Crippen molar-refractivity contribution in [2.45, 2.75) is 52.2 Å². The first-order chi connectivity index (χ1) is 9.06. The van der Waals surface area contributed by atoms with Crippen LogP contribution in [0.25, 0.3) is 0 Å². The molecule has 1 aromatic rings. The fraction of sp³-hybridized carbons (Fsp3) is 0.571. The highest BCUT2D eigenvalue weighted by Crippen LogP contribution is 2.24. The Bertz CT molecular complexity index is 385. The summed E-state index contributed by atoms with van der Waals surface area (Å²) in [5.41, 5.74) is 0.585. The largest absolute Gasteiger partial charge is 0.432 e. The second-order valence-electron chi connectivity index (χ2n) is 4.42. The van der Waals surface area contributed by atoms with Gasteiger partial charge >= 0.3 is 6.61 Å². The SMILES string of the molecule is CCCCC(CC)Nc1ccc(OC(F)F)c(F)c1. The molecule has 0 bridgehead atoms. The number of hydrogen-bond donors (Lipinski definition) is 1. The molecule has 19 heavy (non-hydrogen) atoms. The Morgan fingerprint density at radius 3 is 2.53 bits per heavy atom. The van der Waals surface area contributed by atoms with Crippen LogP contribution in [0.15, 0.2) is 18.2 Å². The molecular weight excluding hydrogens is 255 g/mol. The fourth-order valence-electron chi connectivity index (χ4n) is 1.85. The van der Waals surface area contributed by atoms with E-state index in [9.17, 15) is 13.2 Å². The van der Waals surface area contributed by atoms with Crippen LogP contribution in [0.2, 0.25) is 0 Å². The van der Waals surface area contributed by atoms with Gasteiger partial charge in [-0.3, -0.25) is 0 Å². The third kappa shape index (κ3) is 5.41. The summed E-state index contributed by atoms with van der Waals surface area (Å²) < 4.78 is 41.6. The number of nitrogens with one attached hydrogen (secondary N) is 1. The van der Waals surface area contributed by atoms with Gasteiger partial charge in [-0.1, -0.05) is 26.7 Å². The summed E-state index contributed by atoms with van der Waals surface area (Å²) in [4.78, 5) is 0. The molecule has 0 saturated heterocycles. The Kier molecular flexibility index (Phi) is 6.53. The Morgan fingerprint density at radius 1 is 1.26 bits per heavy atom. The van der Waals surface area contributed by atoms with Crippen molar-refractivity contribution < 1.29 is 17.9 Å². The first kappa shape index (κ1) is 15.7. The normalized spacial score (nSPS) is 12.5. The lowest BCUT2D eigenvalue weighted by Gasteiger charge is -2.18. The quantitative estimate of drug-likeness (QED) is 0.735. The molecule has 0 fully saturated rings. The Morgan fingerprint density at radius 2 is 2.00 bits per heavy atom. The minimum absolute atomic E-state index is 0.265. The monoisotopic (exact) mass is 275 g/mol. The molecular formula is C14H20F3NO. The van der Waals surface area contributed by atoms with Crippen LogP contribution in [-0.2, 0) is 0 Å². The molecule has 1 rings (SSSR count). The summed E-state index contributed by atoms with van der Waals surface area (Å²) >= 11 is 0. The second kappa shape index (κ2) is 7.92. The van der Waals surface area contributed by atoms with E-state index < -0.39 is 18.2 Å². The molecule has 0 radical (unpaired) electrons. The highest BCUT2D eigenvalue weighted by Gasteiger charge is 2.11. The summed E-state index contributed by atoms with van der Waals surface area (Å²) in [5, 5.41) is 3.20. The van der Waals surface area contributed by atoms with Gasteiger partial charge in [-0.2, -0.15) is 8.78 Å². The predicted molar refractivity (Wildman–Crippen MR) is 70.3 cm³/mol. The van der Waals surface area contributed by atoms with Gasteiger partial charge in [0.2, 0.25) is 0 Å². The third-order valence-corrected chi connectivity index (χ3v) is 2.92. The van der Waals surface area contributed by atoms with Gasteiger partial charge in [0.15, 0.2) is 11.6 Å². The predicted octanol–water partition coefficient (Wildman–Crippen LogP) is 4.81. The molecule has 108 valence electrons. The van der Waals surface area contributed by atoms with Crippen LogP contribution < -0.4 is 10.1 Å². The lowest BCUT2D eigenvalue weighted by molar-refractivity contribution is -0.0521. The average Bonchev–Trinajstić information content (AvgIpc) is 2.37. The van der Waals surface area contributed by atoms with Crippen LogP contribution in [0, 0.1) is 5.82 Å². The average molecular weight is 275 g/mol. The zero-order chi connectivity index (χ0) is 14.3. The summed E-state index contributed by atoms with van der Waals surface area (Å²) in [6.07, 6.45) is 4.13. The van der Waals surface area contributed by atoms with Crippen molar-refractivity contribution in [2.75, 3.05) is 5.32 Å². The van der Waals surface area contributed by atoms with Crippen molar-refractivity contribution in [2.24, 2.45) is 0 Å². The van der Waals surface area contributed by atoms with E-state index in [1.54, 1.807) is 6.07 Å². The van der Waals surface area contributed by atoms with Gasteiger partial charge in [0.05, 0.1) is 0 Å². The van der Waals surface area contributed by atoms with Gasteiger partial charge in [0.25, 0.3) is 0 Å². The Labute approximate surface area is 112 Å². The van der Waals surface area contributed by atoms with E-state index in [1.165, 1.54) is 12.1 Å². The summed E-state index contributed by atoms with van der Waals surface area (Å²) in [6.45, 7) is 1.15. The maximum absolute atomic E-state index is 13.5. The van der Waals surface area contributed by atoms with Gasteiger partial charge in [-0.05, 0) is 25.0 Å². The Balaban J connectivity index is 2.66. The first-order valence-electron chi connectivity index (χ1n) is 6.57. The highest BCUT2D eigenvalue weighted by atomic mass is 19.3. The molecule has 1 N–H and O–H groups in total. The molecule has 1 aromatic carbocycles. The molecule has 2 nitrogen and oxygen atoms in total. The van der Waals surface area contributed by atoms with Crippen molar-refractivity contribution in [3.05, 3.63) is 24.0 Å². The van der Waals surface area contributed by atoms with E-state index in [-0.39, 0.29) is 6.04 Å². The first-order valence-corrected chi connectivity index (χ1v) is 6.57. The van der Waals surface area contributed by atoms with E-state index in [1.807, 2.05) is 0 Å². The van der Waals surface area contributed by atoms with Crippen molar-refractivity contribution in [3.63, 3.8) is 0 Å². The van der Waals surface area contributed by atoms with Gasteiger partial charge < -0.3 is 10.1 Å². The lowest BCUT2D eigenvalue weighted by atomic mass is 10.1. The lowest BCUT2D eigenvalue weighted by Crippen LogP contribution is -2.18. The summed E-state index contributed by atoms with van der Waals surface area (Å²) in [7, 11) is 0. The third-order valence-electron chi connectivity index (χ3n) is 2.92. The smallest absolute Gasteiger partial charge is 0.387 e. The summed E-state index contributed by atoms with van der Waals surface area (Å²) in [6, 6.07) is 4.22. The maximum atomic E-state index is 13.5. The van der Waals surface area contributed by atoms with Crippen LogP contribution in [-0.4, -0.2) is 12.7 Å². The zero-order valence-electron chi connectivity index (χ0n) is 11.3. The molecule has 0 aliphatic heterocycles. The van der Waals surface area contributed by atoms with Crippen LogP contribution in [0.1, 0.15) is 39.5 Å². The number of unbranched alkanes of at least 4 members (excludes halogenated alkanes) is 1. The number of halogens is 3. The number of ether oxygens (including phenoxy) is 1. The molecule has 0 saturated carbocycles. The Hall–Kier alpha value is -1.39. The van der Waals surface area contributed by atoms with Crippen molar-refractivity contribution >= 4 is 5.69 Å². The molecule has 0 amide bonds. The number of hydrogen-bond acceptors (Lipinski definition) is 2. The molecule has 0 aromatic heterocycles.